The van der Waals surface area contributed by atoms with Crippen molar-refractivity contribution < 1.29 is 28.7 Å². The molecule has 0 spiro atoms. The monoisotopic (exact) mass is 553 g/mol. The van der Waals surface area contributed by atoms with Gasteiger partial charge < -0.3 is 25.0 Å². The summed E-state index contributed by atoms with van der Waals surface area (Å²) in [5.41, 5.74) is 2.64. The molecule has 0 fully saturated rings. The Balaban J connectivity index is 2.60. The van der Waals surface area contributed by atoms with Gasteiger partial charge in [0.2, 0.25) is 11.8 Å². The topological polar surface area (TPSA) is 114 Å². The maximum Gasteiger partial charge on any atom is 0.408 e. The second-order valence-corrected chi connectivity index (χ2v) is 10.9. The lowest BCUT2D eigenvalue weighted by molar-refractivity contribution is -0.146. The van der Waals surface area contributed by atoms with Crippen molar-refractivity contribution in [3.63, 3.8) is 0 Å². The third kappa shape index (κ3) is 9.39. The highest BCUT2D eigenvalue weighted by Crippen LogP contribution is 2.28. The highest BCUT2D eigenvalue weighted by molar-refractivity contribution is 5.93. The number of carbonyl (C=O) groups excluding carboxylic acids is 4. The minimum Gasteiger partial charge on any atom is -0.468 e. The van der Waals surface area contributed by atoms with Crippen LogP contribution < -0.4 is 10.6 Å². The zero-order valence-corrected chi connectivity index (χ0v) is 24.9. The summed E-state index contributed by atoms with van der Waals surface area (Å²) < 4.78 is 10.2. The summed E-state index contributed by atoms with van der Waals surface area (Å²) in [5.74, 6) is -1.58. The van der Waals surface area contributed by atoms with E-state index in [0.29, 0.717) is 12.0 Å². The number of alkyl carbamates (subject to hydrolysis) is 1. The number of methoxy groups -OCH3 is 1. The molecule has 2 aromatic rings. The summed E-state index contributed by atoms with van der Waals surface area (Å²) >= 11 is 0. The number of amides is 3. The number of ether oxygens (including phenoxy) is 2. The minimum atomic E-state index is -1.06. The molecule has 2 N–H and O–H groups in total. The van der Waals surface area contributed by atoms with Crippen LogP contribution in [0.25, 0.3) is 0 Å². The highest BCUT2D eigenvalue weighted by atomic mass is 16.6. The van der Waals surface area contributed by atoms with Gasteiger partial charge in [-0.2, -0.15) is 0 Å². The SMILES string of the molecule is CCC(C)N(C(=O)C(Cc1ccccc1)NC(=O)OC(C)(C)C)C(C(=O)NCC(=O)OC)c1ccc(C)c(C)c1. The Kier molecular flexibility index (Phi) is 11.7. The van der Waals surface area contributed by atoms with E-state index in [-0.39, 0.29) is 19.0 Å². The lowest BCUT2D eigenvalue weighted by atomic mass is 9.95. The van der Waals surface area contributed by atoms with Crippen LogP contribution in [0, 0.1) is 13.8 Å². The Bertz CT molecular complexity index is 1180. The quantitative estimate of drug-likeness (QED) is 0.399. The molecule has 9 nitrogen and oxygen atoms in total. The molecule has 0 saturated heterocycles. The average Bonchev–Trinajstić information content (AvgIpc) is 2.90. The predicted molar refractivity (Wildman–Crippen MR) is 154 cm³/mol. The number of hydrogen-bond acceptors (Lipinski definition) is 6. The zero-order valence-electron chi connectivity index (χ0n) is 24.9. The zero-order chi connectivity index (χ0) is 30.0. The largest absolute Gasteiger partial charge is 0.468 e. The minimum absolute atomic E-state index is 0.190. The maximum atomic E-state index is 14.4. The van der Waals surface area contributed by atoms with Gasteiger partial charge in [0.1, 0.15) is 24.2 Å². The van der Waals surface area contributed by atoms with Crippen LogP contribution in [0.15, 0.2) is 48.5 Å². The number of nitrogens with one attached hydrogen (secondary N) is 2. The summed E-state index contributed by atoms with van der Waals surface area (Å²) in [6.45, 7) is 12.6. The lowest BCUT2D eigenvalue weighted by Crippen LogP contribution is -2.56. The van der Waals surface area contributed by atoms with Crippen molar-refractivity contribution in [2.75, 3.05) is 13.7 Å². The van der Waals surface area contributed by atoms with Crippen molar-refractivity contribution in [3.8, 4) is 0 Å². The molecular formula is C31H43N3O6. The van der Waals surface area contributed by atoms with Crippen molar-refractivity contribution >= 4 is 23.9 Å². The van der Waals surface area contributed by atoms with E-state index in [1.807, 2.05) is 70.2 Å². The molecular weight excluding hydrogens is 510 g/mol. The second kappa shape index (κ2) is 14.5. The summed E-state index contributed by atoms with van der Waals surface area (Å²) in [6, 6.07) is 12.4. The molecule has 0 bridgehead atoms. The van der Waals surface area contributed by atoms with Crippen molar-refractivity contribution in [2.45, 2.75) is 85.0 Å². The molecule has 2 rings (SSSR count). The van der Waals surface area contributed by atoms with Crippen molar-refractivity contribution in [1.82, 2.24) is 15.5 Å². The van der Waals surface area contributed by atoms with E-state index < -0.39 is 41.6 Å². The van der Waals surface area contributed by atoms with E-state index in [1.165, 1.54) is 12.0 Å². The van der Waals surface area contributed by atoms with Crippen LogP contribution in [0.3, 0.4) is 0 Å². The van der Waals surface area contributed by atoms with E-state index in [0.717, 1.165) is 16.7 Å². The van der Waals surface area contributed by atoms with Gasteiger partial charge in [-0.15, -0.1) is 0 Å². The van der Waals surface area contributed by atoms with Crippen LogP contribution in [0.5, 0.6) is 0 Å². The van der Waals surface area contributed by atoms with E-state index in [9.17, 15) is 19.2 Å². The van der Waals surface area contributed by atoms with E-state index >= 15 is 0 Å². The van der Waals surface area contributed by atoms with Crippen LogP contribution in [-0.2, 0) is 30.3 Å². The summed E-state index contributed by atoms with van der Waals surface area (Å²) in [4.78, 5) is 54.3. The molecule has 2 aromatic carbocycles. The first-order chi connectivity index (χ1) is 18.8. The third-order valence-corrected chi connectivity index (χ3v) is 6.60. The van der Waals surface area contributed by atoms with Gasteiger partial charge in [0, 0.05) is 12.5 Å². The molecule has 0 radical (unpaired) electrons. The molecule has 0 aliphatic carbocycles. The van der Waals surface area contributed by atoms with Crippen molar-refractivity contribution in [3.05, 3.63) is 70.8 Å². The first-order valence-corrected chi connectivity index (χ1v) is 13.5. The number of nitrogens with zero attached hydrogens (tertiary/aromatic N) is 1. The Morgan fingerprint density at radius 2 is 1.62 bits per heavy atom. The van der Waals surface area contributed by atoms with Gasteiger partial charge in [0.15, 0.2) is 0 Å². The summed E-state index contributed by atoms with van der Waals surface area (Å²) in [5, 5.41) is 5.37. The molecule has 0 aliphatic rings. The normalized spacial score (nSPS) is 13.4. The molecule has 218 valence electrons. The van der Waals surface area contributed by atoms with Crippen LogP contribution in [0.2, 0.25) is 0 Å². The van der Waals surface area contributed by atoms with Crippen LogP contribution in [-0.4, -0.2) is 60.1 Å². The number of benzene rings is 2. The van der Waals surface area contributed by atoms with Gasteiger partial charge in [0.25, 0.3) is 0 Å². The second-order valence-electron chi connectivity index (χ2n) is 10.9. The highest BCUT2D eigenvalue weighted by Gasteiger charge is 2.38. The lowest BCUT2D eigenvalue weighted by Gasteiger charge is -2.38. The predicted octanol–water partition coefficient (Wildman–Crippen LogP) is 4.40. The first-order valence-electron chi connectivity index (χ1n) is 13.5. The fourth-order valence-electron chi connectivity index (χ4n) is 4.18. The Morgan fingerprint density at radius 3 is 2.17 bits per heavy atom. The average molecular weight is 554 g/mol. The van der Waals surface area contributed by atoms with Crippen LogP contribution >= 0.6 is 0 Å². The maximum absolute atomic E-state index is 14.4. The fraction of sp³-hybridized carbons (Fsp3) is 0.484. The summed E-state index contributed by atoms with van der Waals surface area (Å²) in [7, 11) is 1.24. The Hall–Kier alpha value is -3.88. The van der Waals surface area contributed by atoms with Crippen molar-refractivity contribution in [1.29, 1.82) is 0 Å². The molecule has 0 saturated carbocycles. The van der Waals surface area contributed by atoms with Gasteiger partial charge in [0.05, 0.1) is 7.11 Å². The van der Waals surface area contributed by atoms with E-state index in [1.54, 1.807) is 26.8 Å². The van der Waals surface area contributed by atoms with Crippen LogP contribution in [0.1, 0.15) is 69.3 Å². The molecule has 0 aromatic heterocycles. The molecule has 9 heteroatoms. The van der Waals surface area contributed by atoms with E-state index in [4.69, 9.17) is 9.47 Å². The van der Waals surface area contributed by atoms with Gasteiger partial charge in [-0.05, 0) is 70.2 Å². The number of hydrogen-bond donors (Lipinski definition) is 2. The van der Waals surface area contributed by atoms with Gasteiger partial charge in [-0.3, -0.25) is 14.4 Å². The first kappa shape index (κ1) is 32.3. The smallest absolute Gasteiger partial charge is 0.408 e. The van der Waals surface area contributed by atoms with Crippen LogP contribution in [0.4, 0.5) is 4.79 Å². The number of aryl methyl sites for hydroxylation is 2. The van der Waals surface area contributed by atoms with Gasteiger partial charge in [-0.25, -0.2) is 4.79 Å². The van der Waals surface area contributed by atoms with Gasteiger partial charge >= 0.3 is 12.1 Å². The molecule has 0 heterocycles. The number of esters is 1. The van der Waals surface area contributed by atoms with Crippen molar-refractivity contribution in [2.24, 2.45) is 0 Å². The summed E-state index contributed by atoms with van der Waals surface area (Å²) in [6.07, 6.45) is 0.000636. The number of rotatable bonds is 11. The molecule has 3 unspecified atom stereocenters. The Morgan fingerprint density at radius 1 is 0.975 bits per heavy atom. The van der Waals surface area contributed by atoms with Gasteiger partial charge in [-0.1, -0.05) is 55.5 Å². The third-order valence-electron chi connectivity index (χ3n) is 6.60. The molecule has 0 aliphatic heterocycles. The fourth-order valence-corrected chi connectivity index (χ4v) is 4.18. The molecule has 3 atom stereocenters. The number of carbonyl (C=O) groups is 4. The van der Waals surface area contributed by atoms with E-state index in [2.05, 4.69) is 10.6 Å². The molecule has 3 amide bonds. The molecule has 40 heavy (non-hydrogen) atoms. The standard InChI is InChI=1S/C31H43N3O6/c1-9-22(4)34(27(28(36)32-19-26(35)39-8)24-16-15-20(2)21(3)17-24)29(37)25(18-23-13-11-10-12-14-23)33-30(38)40-31(5,6)7/h10-17,22,25,27H,9,18-19H2,1-8H3,(H,32,36)(H,33,38). The Labute approximate surface area is 237 Å².